The van der Waals surface area contributed by atoms with Crippen LogP contribution in [-0.2, 0) is 54.4 Å². The summed E-state index contributed by atoms with van der Waals surface area (Å²) in [6.45, 7) is 9.59. The third-order valence-electron chi connectivity index (χ3n) is 11.8. The SMILES string of the molecule is CC[C@H](C)C1NC(=O)[C@H](Cc2ccc(C)cc2)NC(=O)[C@@H](N)C(C)(C)SSC[C@@H](C(=O)N2CCCC2C(=O)N[C@@H](CCCN)C(=O)NCC(N)=O)NC(=O)[C@H](CC(N)=O)NC(=O)[C@H]([C@@H](C)O)NC1=O. The van der Waals surface area contributed by atoms with E-state index in [9.17, 15) is 53.1 Å². The van der Waals surface area contributed by atoms with Crippen molar-refractivity contribution in [2.75, 3.05) is 25.4 Å². The molecule has 16 N–H and O–H groups in total. The summed E-state index contributed by atoms with van der Waals surface area (Å²) in [5, 5.41) is 28.7. The van der Waals surface area contributed by atoms with Gasteiger partial charge in [-0.05, 0) is 71.4 Å². The van der Waals surface area contributed by atoms with Gasteiger partial charge in [0.1, 0.15) is 42.3 Å². The second-order valence-corrected chi connectivity index (χ2v) is 21.0. The number of carbonyl (C=O) groups is 10. The molecular weight excluding hydrogens is 937 g/mol. The maximum atomic E-state index is 14.6. The van der Waals surface area contributed by atoms with Gasteiger partial charge in [-0.25, -0.2) is 0 Å². The van der Waals surface area contributed by atoms with Crippen LogP contribution >= 0.6 is 21.6 Å². The predicted octanol–water partition coefficient (Wildman–Crippen LogP) is -3.42. The Balaban J connectivity index is 2.08. The summed E-state index contributed by atoms with van der Waals surface area (Å²) in [4.78, 5) is 137. The Hall–Kier alpha value is -5.50. The van der Waals surface area contributed by atoms with Crippen LogP contribution in [-0.4, -0.2) is 154 Å². The summed E-state index contributed by atoms with van der Waals surface area (Å²) in [6, 6.07) is -3.84. The molecule has 23 nitrogen and oxygen atoms in total. The fraction of sp³-hybridized carbons (Fsp3) is 0.636. The van der Waals surface area contributed by atoms with Crippen LogP contribution in [0, 0.1) is 12.8 Å². The maximum Gasteiger partial charge on any atom is 0.246 e. The quantitative estimate of drug-likeness (QED) is 0.0718. The molecular formula is C44H70N12O11S2. The van der Waals surface area contributed by atoms with Gasteiger partial charge in [-0.1, -0.05) is 71.7 Å². The predicted molar refractivity (Wildman–Crippen MR) is 259 cm³/mol. The normalized spacial score (nSPS) is 25.6. The highest BCUT2D eigenvalue weighted by atomic mass is 33.1. The fourth-order valence-corrected chi connectivity index (χ4v) is 10.2. The number of nitrogens with zero attached hydrogens (tertiary/aromatic N) is 1. The third kappa shape index (κ3) is 17.4. The molecule has 0 bridgehead atoms. The zero-order valence-corrected chi connectivity index (χ0v) is 41.6. The van der Waals surface area contributed by atoms with Gasteiger partial charge >= 0.3 is 0 Å². The van der Waals surface area contributed by atoms with Crippen molar-refractivity contribution < 1.29 is 53.1 Å². The lowest BCUT2D eigenvalue weighted by Crippen LogP contribution is -2.63. The van der Waals surface area contributed by atoms with E-state index in [1.165, 1.54) is 11.8 Å². The molecule has 0 aliphatic carbocycles. The number of hydrogen-bond donors (Lipinski definition) is 12. The van der Waals surface area contributed by atoms with Gasteiger partial charge in [-0.2, -0.15) is 0 Å². The fourth-order valence-electron chi connectivity index (χ4n) is 7.43. The molecule has 1 aromatic carbocycles. The van der Waals surface area contributed by atoms with E-state index >= 15 is 0 Å². The van der Waals surface area contributed by atoms with Crippen LogP contribution in [0.25, 0.3) is 0 Å². The summed E-state index contributed by atoms with van der Waals surface area (Å²) in [6.07, 6.45) is -1.10. The maximum absolute atomic E-state index is 14.6. The van der Waals surface area contributed by atoms with E-state index in [0.717, 1.165) is 27.2 Å². The molecule has 2 unspecified atom stereocenters. The lowest BCUT2D eigenvalue weighted by atomic mass is 9.96. The number of aryl methyl sites for hydroxylation is 1. The number of hydrogen-bond acceptors (Lipinski definition) is 15. The van der Waals surface area contributed by atoms with Crippen molar-refractivity contribution in [2.24, 2.45) is 28.9 Å². The smallest absolute Gasteiger partial charge is 0.246 e. The number of carbonyl (C=O) groups excluding carboxylic acids is 10. The lowest BCUT2D eigenvalue weighted by molar-refractivity contribution is -0.142. The minimum absolute atomic E-state index is 0.00243. The third-order valence-corrected chi connectivity index (χ3v) is 15.2. The molecule has 2 fully saturated rings. The molecule has 2 saturated heterocycles. The Kier molecular flexibility index (Phi) is 22.7. The number of aliphatic hydroxyl groups is 1. The monoisotopic (exact) mass is 1010 g/mol. The number of nitrogens with two attached hydrogens (primary N) is 4. The van der Waals surface area contributed by atoms with Gasteiger partial charge in [0.05, 0.1) is 25.1 Å². The van der Waals surface area contributed by atoms with E-state index in [1.807, 2.05) is 19.1 Å². The molecule has 384 valence electrons. The minimum atomic E-state index is -1.76. The first-order valence-electron chi connectivity index (χ1n) is 22.9. The largest absolute Gasteiger partial charge is 0.391 e. The summed E-state index contributed by atoms with van der Waals surface area (Å²) in [5.74, 6) is -9.32. The Morgan fingerprint density at radius 1 is 0.870 bits per heavy atom. The minimum Gasteiger partial charge on any atom is -0.391 e. The average molecular weight is 1010 g/mol. The number of rotatable bonds is 16. The number of aliphatic hydroxyl groups excluding tert-OH is 1. The van der Waals surface area contributed by atoms with Crippen LogP contribution in [0.3, 0.4) is 0 Å². The van der Waals surface area contributed by atoms with E-state index in [0.29, 0.717) is 24.8 Å². The highest BCUT2D eigenvalue weighted by Crippen LogP contribution is 2.38. The number of primary amides is 2. The Morgan fingerprint density at radius 2 is 1.48 bits per heavy atom. The molecule has 2 aliphatic rings. The molecule has 10 amide bonds. The van der Waals surface area contributed by atoms with Gasteiger partial charge in [0.2, 0.25) is 59.1 Å². The Morgan fingerprint density at radius 3 is 2.07 bits per heavy atom. The highest BCUT2D eigenvalue weighted by Gasteiger charge is 2.42. The van der Waals surface area contributed by atoms with Gasteiger partial charge in [-0.3, -0.25) is 47.9 Å². The first-order valence-corrected chi connectivity index (χ1v) is 25.2. The van der Waals surface area contributed by atoms with Crippen LogP contribution in [0.2, 0.25) is 0 Å². The summed E-state index contributed by atoms with van der Waals surface area (Å²) < 4.78 is -1.13. The van der Waals surface area contributed by atoms with E-state index in [1.54, 1.807) is 39.8 Å². The van der Waals surface area contributed by atoms with Crippen LogP contribution in [0.1, 0.15) is 84.3 Å². The molecule has 2 heterocycles. The van der Waals surface area contributed by atoms with Gasteiger partial charge < -0.3 is 70.2 Å². The molecule has 3 rings (SSSR count). The zero-order chi connectivity index (χ0) is 51.7. The molecule has 0 spiro atoms. The molecule has 0 saturated carbocycles. The summed E-state index contributed by atoms with van der Waals surface area (Å²) >= 11 is 0. The summed E-state index contributed by atoms with van der Waals surface area (Å²) in [7, 11) is 2.12. The van der Waals surface area contributed by atoms with Crippen LogP contribution in [0.4, 0.5) is 0 Å². The number of nitrogens with one attached hydrogen (secondary N) is 7. The van der Waals surface area contributed by atoms with Crippen molar-refractivity contribution in [1.29, 1.82) is 0 Å². The first kappa shape index (κ1) is 57.8. The van der Waals surface area contributed by atoms with E-state index in [2.05, 4.69) is 37.2 Å². The molecule has 10 atom stereocenters. The van der Waals surface area contributed by atoms with Gasteiger partial charge in [0.15, 0.2) is 0 Å². The van der Waals surface area contributed by atoms with Gasteiger partial charge in [0, 0.05) is 23.5 Å². The van der Waals surface area contributed by atoms with Crippen LogP contribution in [0.5, 0.6) is 0 Å². The van der Waals surface area contributed by atoms with Crippen LogP contribution in [0.15, 0.2) is 24.3 Å². The first-order chi connectivity index (χ1) is 32.4. The van der Waals surface area contributed by atoms with Crippen molar-refractivity contribution >= 4 is 80.7 Å². The van der Waals surface area contributed by atoms with E-state index in [-0.39, 0.29) is 38.1 Å². The molecule has 25 heteroatoms. The van der Waals surface area contributed by atoms with Crippen molar-refractivity contribution in [2.45, 2.75) is 146 Å². The Bertz CT molecular complexity index is 2030. The molecule has 69 heavy (non-hydrogen) atoms. The number of likely N-dealkylation sites (tertiary alicyclic amines) is 1. The molecule has 1 aromatic rings. The van der Waals surface area contributed by atoms with Crippen molar-refractivity contribution in [3.05, 3.63) is 35.4 Å². The van der Waals surface area contributed by atoms with Gasteiger partial charge in [0.25, 0.3) is 0 Å². The standard InChI is InChI=1S/C44H70N12O11S2/c1-7-23(3)33-40(64)55-34(24(4)57)41(65)51-28(19-31(46)58)37(61)53-29(43(67)56-17-9-11-30(56)39(63)50-26(10-8-16-45)36(60)49-20-32(47)59)21-68-69-44(5,6)35(48)42(66)52-27(38(62)54-33)18-25-14-12-22(2)13-15-25/h12-15,23-24,26-30,33-35,57H,7-11,16-21,45,48H2,1-6H3,(H2,46,58)(H2,47,59)(H,49,60)(H,50,63)(H,51,65)(H,52,66)(H,53,61)(H,54,62)(H,55,64)/t23-,24+,26-,27-,28-,29-,30?,33?,34-,35+/m0/s1. The lowest BCUT2D eigenvalue weighted by Gasteiger charge is -2.33. The highest BCUT2D eigenvalue weighted by molar-refractivity contribution is 8.77. The second kappa shape index (κ2) is 27.0. The topological polar surface area (TPSA) is 382 Å². The number of amides is 10. The van der Waals surface area contributed by atoms with E-state index in [4.69, 9.17) is 22.9 Å². The van der Waals surface area contributed by atoms with E-state index < -0.39 is 137 Å². The van der Waals surface area contributed by atoms with Gasteiger partial charge in [-0.15, -0.1) is 0 Å². The molecule has 0 radical (unpaired) electrons. The van der Waals surface area contributed by atoms with Crippen molar-refractivity contribution in [3.8, 4) is 0 Å². The number of benzene rings is 1. The van der Waals surface area contributed by atoms with Crippen molar-refractivity contribution in [3.63, 3.8) is 0 Å². The zero-order valence-electron chi connectivity index (χ0n) is 40.0. The summed E-state index contributed by atoms with van der Waals surface area (Å²) in [5.41, 5.74) is 24.6. The average Bonchev–Trinajstić information content (AvgIpc) is 3.79. The van der Waals surface area contributed by atoms with Crippen LogP contribution < -0.4 is 60.2 Å². The van der Waals surface area contributed by atoms with Crippen molar-refractivity contribution in [1.82, 2.24) is 42.1 Å². The molecule has 0 aromatic heterocycles. The molecule has 2 aliphatic heterocycles. The Labute approximate surface area is 409 Å². The second-order valence-electron chi connectivity index (χ2n) is 18.0.